The Morgan fingerprint density at radius 1 is 1.19 bits per heavy atom. The molecule has 2 rings (SSSR count). The molecule has 142 valence electrons. The number of carbonyl (C=O) groups is 3. The van der Waals surface area contributed by atoms with Gasteiger partial charge in [-0.05, 0) is 57.9 Å². The average molecular weight is 363 g/mol. The molecule has 1 heterocycles. The summed E-state index contributed by atoms with van der Waals surface area (Å²) >= 11 is 0. The Hall–Kier alpha value is -2.77. The quantitative estimate of drug-likeness (QED) is 0.765. The smallest absolute Gasteiger partial charge is 0.407 e. The minimum Gasteiger partial charge on any atom is -0.478 e. The predicted octanol–water partition coefficient (Wildman–Crippen LogP) is 2.91. The fourth-order valence-corrected chi connectivity index (χ4v) is 2.65. The predicted molar refractivity (Wildman–Crippen MR) is 96.4 cm³/mol. The van der Waals surface area contributed by atoms with Gasteiger partial charge in [0.25, 0.3) is 0 Å². The number of nitrogens with zero attached hydrogens (tertiary/aromatic N) is 1. The number of benzene rings is 1. The zero-order chi connectivity index (χ0) is 19.3. The van der Waals surface area contributed by atoms with Gasteiger partial charge in [0.1, 0.15) is 5.60 Å². The fraction of sp³-hybridized carbons (Fsp3) is 0.500. The molecule has 1 aliphatic rings. The number of urea groups is 1. The van der Waals surface area contributed by atoms with Crippen LogP contribution in [0.3, 0.4) is 0 Å². The summed E-state index contributed by atoms with van der Waals surface area (Å²) < 4.78 is 5.25. The highest BCUT2D eigenvalue weighted by Gasteiger charge is 2.26. The van der Waals surface area contributed by atoms with Crippen molar-refractivity contribution < 1.29 is 24.2 Å². The van der Waals surface area contributed by atoms with Crippen molar-refractivity contribution in [3.8, 4) is 0 Å². The van der Waals surface area contributed by atoms with E-state index in [1.165, 1.54) is 12.1 Å². The van der Waals surface area contributed by atoms with E-state index >= 15 is 0 Å². The Morgan fingerprint density at radius 3 is 2.42 bits per heavy atom. The molecular formula is C18H25N3O5. The van der Waals surface area contributed by atoms with Crippen molar-refractivity contribution in [1.82, 2.24) is 10.2 Å². The number of ether oxygens (including phenoxy) is 1. The zero-order valence-corrected chi connectivity index (χ0v) is 15.2. The molecule has 0 radical (unpaired) electrons. The number of carboxylic acids is 1. The molecule has 0 bridgehead atoms. The van der Waals surface area contributed by atoms with Crippen LogP contribution in [-0.4, -0.2) is 52.8 Å². The molecule has 0 aromatic heterocycles. The topological polar surface area (TPSA) is 108 Å². The van der Waals surface area contributed by atoms with Crippen molar-refractivity contribution in [2.75, 3.05) is 18.4 Å². The van der Waals surface area contributed by atoms with Gasteiger partial charge in [-0.1, -0.05) is 0 Å². The van der Waals surface area contributed by atoms with Crippen LogP contribution in [0.25, 0.3) is 0 Å². The Morgan fingerprint density at radius 2 is 1.85 bits per heavy atom. The number of carbonyl (C=O) groups excluding carboxylic acids is 2. The van der Waals surface area contributed by atoms with Gasteiger partial charge in [0.15, 0.2) is 0 Å². The number of amides is 3. The van der Waals surface area contributed by atoms with E-state index in [4.69, 9.17) is 9.84 Å². The van der Waals surface area contributed by atoms with Gasteiger partial charge in [-0.3, -0.25) is 0 Å². The van der Waals surface area contributed by atoms with Crippen molar-refractivity contribution in [1.29, 1.82) is 0 Å². The van der Waals surface area contributed by atoms with E-state index in [0.29, 0.717) is 18.8 Å². The lowest BCUT2D eigenvalue weighted by atomic mass is 10.1. The van der Waals surface area contributed by atoms with E-state index in [9.17, 15) is 14.4 Å². The number of nitrogens with one attached hydrogen (secondary N) is 2. The number of hydrogen-bond donors (Lipinski definition) is 3. The summed E-state index contributed by atoms with van der Waals surface area (Å²) in [5, 5.41) is 14.4. The van der Waals surface area contributed by atoms with Crippen molar-refractivity contribution in [2.45, 2.75) is 45.3 Å². The van der Waals surface area contributed by atoms with Gasteiger partial charge in [-0.2, -0.15) is 0 Å². The maximum absolute atomic E-state index is 12.4. The average Bonchev–Trinajstić information content (AvgIpc) is 2.53. The van der Waals surface area contributed by atoms with Crippen molar-refractivity contribution in [2.24, 2.45) is 0 Å². The van der Waals surface area contributed by atoms with E-state index in [1.807, 2.05) is 0 Å². The number of piperidine rings is 1. The minimum atomic E-state index is -1.02. The second kappa shape index (κ2) is 8.07. The van der Waals surface area contributed by atoms with Crippen LogP contribution in [0, 0.1) is 0 Å². The summed E-state index contributed by atoms with van der Waals surface area (Å²) in [6.07, 6.45) is 1.05. The van der Waals surface area contributed by atoms with Crippen LogP contribution in [0.5, 0.6) is 0 Å². The molecule has 3 amide bonds. The number of hydrogen-bond acceptors (Lipinski definition) is 4. The van der Waals surface area contributed by atoms with Crippen LogP contribution in [0.2, 0.25) is 0 Å². The van der Waals surface area contributed by atoms with Gasteiger partial charge >= 0.3 is 18.1 Å². The van der Waals surface area contributed by atoms with Gasteiger partial charge in [0.05, 0.1) is 5.56 Å². The van der Waals surface area contributed by atoms with E-state index < -0.39 is 17.7 Å². The van der Waals surface area contributed by atoms with Crippen LogP contribution in [-0.2, 0) is 4.74 Å². The summed E-state index contributed by atoms with van der Waals surface area (Å²) in [4.78, 5) is 36.8. The Labute approximate surface area is 152 Å². The molecule has 8 nitrogen and oxygen atoms in total. The molecule has 3 N–H and O–H groups in total. The number of carboxylic acid groups (broad SMARTS) is 1. The molecule has 1 atom stereocenters. The standard InChI is InChI=1S/C18H25N3O5/c1-18(2,3)26-17(25)20-14-5-4-10-21(11-14)16(24)19-13-8-6-12(7-9-13)15(22)23/h6-9,14H,4-5,10-11H2,1-3H3,(H,19,24)(H,20,25)(H,22,23)/t14-/m0/s1. The van der Waals surface area contributed by atoms with Crippen LogP contribution in [0.15, 0.2) is 24.3 Å². The first-order valence-corrected chi connectivity index (χ1v) is 8.53. The van der Waals surface area contributed by atoms with Crippen LogP contribution in [0.4, 0.5) is 15.3 Å². The van der Waals surface area contributed by atoms with Gasteiger partial charge in [0.2, 0.25) is 0 Å². The summed E-state index contributed by atoms with van der Waals surface area (Å²) in [5.74, 6) is -1.02. The first kappa shape index (κ1) is 19.6. The molecule has 1 aliphatic heterocycles. The minimum absolute atomic E-state index is 0.155. The molecular weight excluding hydrogens is 338 g/mol. The fourth-order valence-electron chi connectivity index (χ4n) is 2.65. The van der Waals surface area contributed by atoms with Crippen molar-refractivity contribution in [3.05, 3.63) is 29.8 Å². The van der Waals surface area contributed by atoms with Gasteiger partial charge in [-0.15, -0.1) is 0 Å². The van der Waals surface area contributed by atoms with E-state index in [2.05, 4.69) is 10.6 Å². The molecule has 1 aromatic carbocycles. The highest BCUT2D eigenvalue weighted by molar-refractivity contribution is 5.91. The SMILES string of the molecule is CC(C)(C)OC(=O)N[C@H]1CCCN(C(=O)Nc2ccc(C(=O)O)cc2)C1. The molecule has 0 unspecified atom stereocenters. The highest BCUT2D eigenvalue weighted by atomic mass is 16.6. The number of alkyl carbamates (subject to hydrolysis) is 1. The van der Waals surface area contributed by atoms with Crippen LogP contribution in [0.1, 0.15) is 44.0 Å². The molecule has 26 heavy (non-hydrogen) atoms. The second-order valence-electron chi connectivity index (χ2n) is 7.24. The van der Waals surface area contributed by atoms with Crippen molar-refractivity contribution >= 4 is 23.8 Å². The Balaban J connectivity index is 1.88. The number of aromatic carboxylic acids is 1. The van der Waals surface area contributed by atoms with Crippen LogP contribution < -0.4 is 10.6 Å². The van der Waals surface area contributed by atoms with Crippen molar-refractivity contribution in [3.63, 3.8) is 0 Å². The summed E-state index contributed by atoms with van der Waals surface area (Å²) in [7, 11) is 0. The summed E-state index contributed by atoms with van der Waals surface area (Å²) in [6.45, 7) is 6.36. The van der Waals surface area contributed by atoms with Gasteiger partial charge in [0, 0.05) is 24.8 Å². The Bertz CT molecular complexity index is 666. The first-order chi connectivity index (χ1) is 12.1. The Kier molecular flexibility index (Phi) is 6.07. The molecule has 8 heteroatoms. The summed E-state index contributed by atoms with van der Waals surface area (Å²) in [5.41, 5.74) is 0.0996. The summed E-state index contributed by atoms with van der Waals surface area (Å²) in [6, 6.07) is 5.49. The molecule has 1 aromatic rings. The molecule has 1 saturated heterocycles. The lowest BCUT2D eigenvalue weighted by molar-refractivity contribution is 0.0480. The lowest BCUT2D eigenvalue weighted by Crippen LogP contribution is -2.51. The number of anilines is 1. The number of likely N-dealkylation sites (tertiary alicyclic amines) is 1. The molecule has 0 aliphatic carbocycles. The lowest BCUT2D eigenvalue weighted by Gasteiger charge is -2.33. The number of rotatable bonds is 3. The van der Waals surface area contributed by atoms with Gasteiger partial charge < -0.3 is 25.4 Å². The third-order valence-electron chi connectivity index (χ3n) is 3.81. The molecule has 1 fully saturated rings. The highest BCUT2D eigenvalue weighted by Crippen LogP contribution is 2.15. The maximum Gasteiger partial charge on any atom is 0.407 e. The van der Waals surface area contributed by atoms with E-state index in [-0.39, 0.29) is 17.6 Å². The zero-order valence-electron chi connectivity index (χ0n) is 15.2. The largest absolute Gasteiger partial charge is 0.478 e. The maximum atomic E-state index is 12.4. The first-order valence-electron chi connectivity index (χ1n) is 8.53. The molecule has 0 saturated carbocycles. The van der Waals surface area contributed by atoms with E-state index in [0.717, 1.165) is 12.8 Å². The van der Waals surface area contributed by atoms with Gasteiger partial charge in [-0.25, -0.2) is 14.4 Å². The monoisotopic (exact) mass is 363 g/mol. The molecule has 0 spiro atoms. The third-order valence-corrected chi connectivity index (χ3v) is 3.81. The van der Waals surface area contributed by atoms with E-state index in [1.54, 1.807) is 37.8 Å². The second-order valence-corrected chi connectivity index (χ2v) is 7.24. The van der Waals surface area contributed by atoms with Crippen LogP contribution >= 0.6 is 0 Å². The normalized spacial score (nSPS) is 17.3. The third kappa shape index (κ3) is 5.94.